The van der Waals surface area contributed by atoms with E-state index in [0.717, 1.165) is 13.8 Å². The van der Waals surface area contributed by atoms with Gasteiger partial charge in [-0.3, -0.25) is 15.3 Å². The predicted octanol–water partition coefficient (Wildman–Crippen LogP) is 3.12. The van der Waals surface area contributed by atoms with Crippen molar-refractivity contribution in [3.05, 3.63) is 0 Å². The lowest BCUT2D eigenvalue weighted by Crippen LogP contribution is -1.89. The van der Waals surface area contributed by atoms with Crippen molar-refractivity contribution in [1.82, 2.24) is 0 Å². The quantitative estimate of drug-likeness (QED) is 0.393. The van der Waals surface area contributed by atoms with Crippen molar-refractivity contribution in [3.8, 4) is 0 Å². The lowest BCUT2D eigenvalue weighted by Gasteiger charge is -1.76. The fourth-order valence-electron chi connectivity index (χ4n) is 0. The summed E-state index contributed by atoms with van der Waals surface area (Å²) >= 11 is 0. The van der Waals surface area contributed by atoms with Crippen LogP contribution >= 0.6 is 0 Å². The fraction of sp³-hybridized carbons (Fsp3) is 0.800. The second-order valence-electron chi connectivity index (χ2n) is 1.10. The van der Waals surface area contributed by atoms with Gasteiger partial charge in [-0.25, -0.2) is 4.79 Å². The first-order chi connectivity index (χ1) is 5.00. The molecule has 124 valence electrons. The standard InChI is InChI=1S/C2H4O3.C2H4O2.6CH4.H2O2.H2O/c1-2(3)5-4;1-2(3)4;;;;;;;1-2;/h4H,1H3;1H3,(H,3,4);6*1H4;1-2H;1H2. The zero-order valence-corrected chi connectivity index (χ0v) is 6.51. The Hall–Kier alpha value is -1.22. The van der Waals surface area contributed by atoms with Crippen molar-refractivity contribution in [2.24, 2.45) is 0 Å². The van der Waals surface area contributed by atoms with Gasteiger partial charge >= 0.3 is 5.97 Å². The van der Waals surface area contributed by atoms with Crippen LogP contribution in [0.15, 0.2) is 0 Å². The molecule has 0 heterocycles. The van der Waals surface area contributed by atoms with E-state index in [1.54, 1.807) is 0 Å². The molecule has 0 atom stereocenters. The lowest BCUT2D eigenvalue weighted by molar-refractivity contribution is -0.231. The Labute approximate surface area is 112 Å². The Morgan fingerprint density at radius 2 is 0.889 bits per heavy atom. The predicted molar refractivity (Wildman–Crippen MR) is 77.0 cm³/mol. The largest absolute Gasteiger partial charge is 0.481 e. The van der Waals surface area contributed by atoms with Gasteiger partial charge in [-0.05, 0) is 0 Å². The van der Waals surface area contributed by atoms with E-state index in [4.69, 9.17) is 25.7 Å². The van der Waals surface area contributed by atoms with E-state index >= 15 is 0 Å². The van der Waals surface area contributed by atoms with Crippen LogP contribution in [0.1, 0.15) is 58.4 Å². The van der Waals surface area contributed by atoms with Crippen molar-refractivity contribution in [2.75, 3.05) is 0 Å². The summed E-state index contributed by atoms with van der Waals surface area (Å²) in [5.41, 5.74) is 0. The Kier molecular flexibility index (Phi) is 521. The van der Waals surface area contributed by atoms with Gasteiger partial charge in [0.05, 0.1) is 0 Å². The number of hydrogen-bond acceptors (Lipinski definition) is 6. The molecule has 0 radical (unpaired) electrons. The highest BCUT2D eigenvalue weighted by Gasteiger charge is 1.79. The molecule has 0 saturated carbocycles. The number of carboxylic acid groups (broad SMARTS) is 1. The summed E-state index contributed by atoms with van der Waals surface area (Å²) in [6, 6.07) is 0. The van der Waals surface area contributed by atoms with Crippen LogP contribution in [0, 0.1) is 0 Å². The van der Waals surface area contributed by atoms with Crippen molar-refractivity contribution in [2.45, 2.75) is 58.4 Å². The Morgan fingerprint density at radius 1 is 0.833 bits per heavy atom. The minimum Gasteiger partial charge on any atom is -0.481 e. The van der Waals surface area contributed by atoms with Crippen molar-refractivity contribution in [3.63, 3.8) is 0 Å². The van der Waals surface area contributed by atoms with Crippen molar-refractivity contribution in [1.29, 1.82) is 0 Å². The molecule has 0 unspecified atom stereocenters. The number of rotatable bonds is 0. The molecule has 0 amide bonds. The van der Waals surface area contributed by atoms with Gasteiger partial charge in [0.2, 0.25) is 0 Å². The Bertz CT molecular complexity index is 102. The van der Waals surface area contributed by atoms with E-state index in [1.807, 2.05) is 0 Å². The average molecular weight is 284 g/mol. The van der Waals surface area contributed by atoms with Crippen LogP contribution in [0.4, 0.5) is 0 Å². The van der Waals surface area contributed by atoms with E-state index in [2.05, 4.69) is 4.89 Å². The maximum atomic E-state index is 9.34. The highest BCUT2D eigenvalue weighted by atomic mass is 17.1. The van der Waals surface area contributed by atoms with Crippen LogP contribution in [0.25, 0.3) is 0 Å². The summed E-state index contributed by atoms with van der Waals surface area (Å²) in [6.45, 7) is 2.19. The van der Waals surface area contributed by atoms with E-state index in [1.165, 1.54) is 0 Å². The molecular formula is C10H36O8. The van der Waals surface area contributed by atoms with Crippen LogP contribution in [0.2, 0.25) is 0 Å². The lowest BCUT2D eigenvalue weighted by atomic mass is 10.9. The van der Waals surface area contributed by atoms with E-state index in [-0.39, 0.29) is 50.0 Å². The second-order valence-corrected chi connectivity index (χ2v) is 1.10. The van der Waals surface area contributed by atoms with Gasteiger partial charge in [0.15, 0.2) is 0 Å². The fourth-order valence-corrected chi connectivity index (χ4v) is 0. The number of carbonyl (C=O) groups excluding carboxylic acids is 1. The first-order valence-corrected chi connectivity index (χ1v) is 2.22. The molecule has 0 aliphatic carbocycles. The molecule has 0 aromatic carbocycles. The van der Waals surface area contributed by atoms with Gasteiger partial charge in [0.1, 0.15) is 0 Å². The molecule has 0 aliphatic rings. The third-order valence-corrected chi connectivity index (χ3v) is 0.129. The minimum absolute atomic E-state index is 0. The third-order valence-electron chi connectivity index (χ3n) is 0.129. The molecule has 0 aromatic rings. The summed E-state index contributed by atoms with van der Waals surface area (Å²) in [5.74, 6) is -1.52. The minimum atomic E-state index is -0.833. The first kappa shape index (κ1) is 90.9. The van der Waals surface area contributed by atoms with Crippen LogP contribution in [-0.4, -0.2) is 38.3 Å². The monoisotopic (exact) mass is 284 g/mol. The summed E-state index contributed by atoms with van der Waals surface area (Å²) in [4.78, 5) is 21.5. The molecule has 0 aliphatic heterocycles. The number of hydrogen-bond donors (Lipinski definition) is 4. The molecule has 6 N–H and O–H groups in total. The Morgan fingerprint density at radius 3 is 0.889 bits per heavy atom. The Balaban J connectivity index is -0.00000000584. The zero-order chi connectivity index (χ0) is 9.86. The molecule has 8 nitrogen and oxygen atoms in total. The maximum absolute atomic E-state index is 9.34. The van der Waals surface area contributed by atoms with Gasteiger partial charge in [-0.15, -0.1) is 0 Å². The summed E-state index contributed by atoms with van der Waals surface area (Å²) in [6.07, 6.45) is 0. The van der Waals surface area contributed by atoms with Crippen LogP contribution in [-0.2, 0) is 14.5 Å². The van der Waals surface area contributed by atoms with Crippen LogP contribution < -0.4 is 0 Å². The van der Waals surface area contributed by atoms with Crippen molar-refractivity contribution < 1.29 is 40.8 Å². The van der Waals surface area contributed by atoms with Crippen LogP contribution in [0.3, 0.4) is 0 Å². The molecule has 0 saturated heterocycles. The first-order valence-electron chi connectivity index (χ1n) is 2.22. The van der Waals surface area contributed by atoms with Crippen LogP contribution in [0.5, 0.6) is 0 Å². The van der Waals surface area contributed by atoms with E-state index in [0.29, 0.717) is 0 Å². The van der Waals surface area contributed by atoms with E-state index < -0.39 is 11.9 Å². The van der Waals surface area contributed by atoms with Crippen molar-refractivity contribution >= 4 is 11.9 Å². The summed E-state index contributed by atoms with van der Waals surface area (Å²) in [7, 11) is 0. The van der Waals surface area contributed by atoms with Gasteiger partial charge in [-0.1, -0.05) is 44.6 Å². The number of carboxylic acids is 1. The van der Waals surface area contributed by atoms with E-state index in [9.17, 15) is 4.79 Å². The second kappa shape index (κ2) is 103. The normalized spacial score (nSPS) is 3.61. The summed E-state index contributed by atoms with van der Waals surface area (Å²) < 4.78 is 0. The molecule has 0 bridgehead atoms. The number of aliphatic carboxylic acids is 1. The van der Waals surface area contributed by atoms with Gasteiger partial charge in [0, 0.05) is 13.8 Å². The molecule has 0 rings (SSSR count). The topological polar surface area (TPSA) is 156 Å². The smallest absolute Gasteiger partial charge is 0.339 e. The SMILES string of the molecule is C.C.C.C.C.C.CC(=O)O.CC(=O)OO.O.OO. The molecular weight excluding hydrogens is 248 g/mol. The highest BCUT2D eigenvalue weighted by molar-refractivity contribution is 5.64. The molecule has 18 heavy (non-hydrogen) atoms. The maximum Gasteiger partial charge on any atom is 0.339 e. The molecule has 0 spiro atoms. The molecule has 0 fully saturated rings. The van der Waals surface area contributed by atoms with Gasteiger partial charge in [0.25, 0.3) is 5.97 Å². The summed E-state index contributed by atoms with van der Waals surface area (Å²) in [5, 5.41) is 26.7. The average Bonchev–Trinajstić information content (AvgIpc) is 1.91. The van der Waals surface area contributed by atoms with Gasteiger partial charge < -0.3 is 15.5 Å². The number of carbonyl (C=O) groups is 2. The zero-order valence-electron chi connectivity index (χ0n) is 6.51. The van der Waals surface area contributed by atoms with Gasteiger partial charge in [-0.2, -0.15) is 5.26 Å². The molecule has 8 heteroatoms. The third kappa shape index (κ3) is 4610. The molecule has 0 aromatic heterocycles. The highest BCUT2D eigenvalue weighted by Crippen LogP contribution is 1.59.